The van der Waals surface area contributed by atoms with Gasteiger partial charge >= 0.3 is 0 Å². The summed E-state index contributed by atoms with van der Waals surface area (Å²) in [6.45, 7) is 6.73. The minimum absolute atomic E-state index is 0.0391. The zero-order valence-electron chi connectivity index (χ0n) is 17.5. The number of ether oxygens (including phenoxy) is 1. The largest absolute Gasteiger partial charge is 0.490 e. The van der Waals surface area contributed by atoms with Gasteiger partial charge in [0.2, 0.25) is 0 Å². The number of oxime groups is 1. The Balaban J connectivity index is 1.04. The molecule has 0 aliphatic carbocycles. The van der Waals surface area contributed by atoms with Crippen molar-refractivity contribution in [2.75, 3.05) is 39.3 Å². The van der Waals surface area contributed by atoms with E-state index in [1.165, 1.54) is 16.3 Å². The van der Waals surface area contributed by atoms with Crippen LogP contribution in [0.25, 0.3) is 10.8 Å². The molecule has 3 aliphatic heterocycles. The van der Waals surface area contributed by atoms with Crippen LogP contribution in [-0.4, -0.2) is 65.9 Å². The maximum Gasteiger partial charge on any atom is 0.151 e. The Bertz CT molecular complexity index is 1120. The van der Waals surface area contributed by atoms with Gasteiger partial charge in [-0.3, -0.25) is 14.8 Å². The molecule has 4 heterocycles. The van der Waals surface area contributed by atoms with Gasteiger partial charge in [0.05, 0.1) is 5.92 Å². The van der Waals surface area contributed by atoms with E-state index in [9.17, 15) is 0 Å². The predicted molar refractivity (Wildman–Crippen MR) is 120 cm³/mol. The molecular weight excluding hydrogens is 388 g/mol. The lowest BCUT2D eigenvalue weighted by Crippen LogP contribution is -2.50. The molecule has 3 aromatic rings. The number of hydrogen-bond acceptors (Lipinski definition) is 6. The smallest absolute Gasteiger partial charge is 0.151 e. The van der Waals surface area contributed by atoms with Gasteiger partial charge in [-0.05, 0) is 34.5 Å². The number of rotatable bonds is 4. The summed E-state index contributed by atoms with van der Waals surface area (Å²) in [7, 11) is 0. The minimum Gasteiger partial charge on any atom is -0.490 e. The van der Waals surface area contributed by atoms with Crippen LogP contribution >= 0.6 is 0 Å². The molecule has 158 valence electrons. The summed E-state index contributed by atoms with van der Waals surface area (Å²) < 4.78 is 5.92. The van der Waals surface area contributed by atoms with Gasteiger partial charge in [0.1, 0.15) is 23.8 Å². The lowest BCUT2D eigenvalue weighted by molar-refractivity contribution is 0.00846. The third-order valence-corrected chi connectivity index (χ3v) is 6.64. The van der Waals surface area contributed by atoms with Gasteiger partial charge in [-0.2, -0.15) is 0 Å². The molecule has 0 spiro atoms. The summed E-state index contributed by atoms with van der Waals surface area (Å²) >= 11 is 0. The SMILES string of the molecule is c1cnc2c(c1)OCC1C2=NOC1CN1CCN(Cc2ccc3ccccc3c2)CC1. The van der Waals surface area contributed by atoms with E-state index in [0.717, 1.165) is 56.4 Å². The number of piperazine rings is 1. The first-order chi connectivity index (χ1) is 15.3. The Morgan fingerprint density at radius 2 is 1.74 bits per heavy atom. The fraction of sp³-hybridized carbons (Fsp3) is 0.360. The highest BCUT2D eigenvalue weighted by Crippen LogP contribution is 2.32. The molecule has 2 atom stereocenters. The molecule has 2 aromatic carbocycles. The molecule has 1 saturated heterocycles. The highest BCUT2D eigenvalue weighted by Gasteiger charge is 2.41. The highest BCUT2D eigenvalue weighted by atomic mass is 16.6. The van der Waals surface area contributed by atoms with Crippen molar-refractivity contribution in [3.63, 3.8) is 0 Å². The quantitative estimate of drug-likeness (QED) is 0.656. The highest BCUT2D eigenvalue weighted by molar-refractivity contribution is 6.04. The Morgan fingerprint density at radius 1 is 0.903 bits per heavy atom. The van der Waals surface area contributed by atoms with Crippen LogP contribution in [-0.2, 0) is 11.4 Å². The van der Waals surface area contributed by atoms with Crippen molar-refractivity contribution >= 4 is 16.5 Å². The zero-order valence-corrected chi connectivity index (χ0v) is 17.5. The normalized spacial score (nSPS) is 23.5. The fourth-order valence-electron chi connectivity index (χ4n) is 4.87. The number of aromatic nitrogens is 1. The van der Waals surface area contributed by atoms with Gasteiger partial charge in [0.25, 0.3) is 0 Å². The maximum absolute atomic E-state index is 5.92. The van der Waals surface area contributed by atoms with Gasteiger partial charge in [0, 0.05) is 45.5 Å². The molecule has 0 N–H and O–H groups in total. The molecule has 0 saturated carbocycles. The van der Waals surface area contributed by atoms with Crippen molar-refractivity contribution < 1.29 is 9.57 Å². The second-order valence-electron chi connectivity index (χ2n) is 8.65. The van der Waals surface area contributed by atoms with E-state index in [1.807, 2.05) is 12.1 Å². The van der Waals surface area contributed by atoms with E-state index in [-0.39, 0.29) is 12.0 Å². The molecule has 6 nitrogen and oxygen atoms in total. The molecule has 3 aliphatic rings. The topological polar surface area (TPSA) is 50.2 Å². The van der Waals surface area contributed by atoms with Crippen molar-refractivity contribution in [2.45, 2.75) is 12.6 Å². The summed E-state index contributed by atoms with van der Waals surface area (Å²) in [4.78, 5) is 15.3. The van der Waals surface area contributed by atoms with Gasteiger partial charge in [-0.25, -0.2) is 0 Å². The van der Waals surface area contributed by atoms with E-state index in [0.29, 0.717) is 6.61 Å². The molecule has 0 bridgehead atoms. The average molecular weight is 415 g/mol. The summed E-state index contributed by atoms with van der Waals surface area (Å²) in [6, 6.07) is 19.2. The minimum atomic E-state index is 0.0391. The number of nitrogens with zero attached hydrogens (tertiary/aromatic N) is 4. The summed E-state index contributed by atoms with van der Waals surface area (Å²) in [5.41, 5.74) is 3.16. The van der Waals surface area contributed by atoms with Crippen LogP contribution in [0, 0.1) is 5.92 Å². The summed E-state index contributed by atoms with van der Waals surface area (Å²) in [5.74, 6) is 0.974. The van der Waals surface area contributed by atoms with Gasteiger partial charge in [0.15, 0.2) is 6.10 Å². The Morgan fingerprint density at radius 3 is 2.65 bits per heavy atom. The van der Waals surface area contributed by atoms with E-state index < -0.39 is 0 Å². The van der Waals surface area contributed by atoms with E-state index in [4.69, 9.17) is 9.57 Å². The Kier molecular flexibility index (Phi) is 4.81. The lowest BCUT2D eigenvalue weighted by atomic mass is 9.93. The van der Waals surface area contributed by atoms with Crippen LogP contribution < -0.4 is 4.74 Å². The second kappa shape index (κ2) is 7.94. The molecule has 2 unspecified atom stereocenters. The third kappa shape index (κ3) is 3.66. The number of benzene rings is 2. The standard InChI is InChI=1S/C25H26N4O2/c1-2-5-20-14-18(7-8-19(20)4-1)15-28-10-12-29(13-11-28)16-23-21-17-30-22-6-3-9-26-25(22)24(21)27-31-23/h1-9,14,21,23H,10-13,15-17H2. The third-order valence-electron chi connectivity index (χ3n) is 6.64. The van der Waals surface area contributed by atoms with Crippen molar-refractivity contribution in [3.8, 4) is 5.75 Å². The van der Waals surface area contributed by atoms with Gasteiger partial charge in [-0.1, -0.05) is 41.6 Å². The van der Waals surface area contributed by atoms with Crippen molar-refractivity contribution in [3.05, 3.63) is 72.1 Å². The molecule has 0 radical (unpaired) electrons. The van der Waals surface area contributed by atoms with Crippen LogP contribution in [0.2, 0.25) is 0 Å². The first-order valence-corrected chi connectivity index (χ1v) is 11.1. The van der Waals surface area contributed by atoms with E-state index >= 15 is 0 Å². The molecule has 1 fully saturated rings. The summed E-state index contributed by atoms with van der Waals surface area (Å²) in [6.07, 6.45) is 1.83. The van der Waals surface area contributed by atoms with Crippen LogP contribution in [0.1, 0.15) is 11.3 Å². The molecule has 31 heavy (non-hydrogen) atoms. The first kappa shape index (κ1) is 18.8. The van der Waals surface area contributed by atoms with Crippen LogP contribution in [0.15, 0.2) is 65.9 Å². The number of fused-ring (bicyclic) bond motifs is 4. The molecule has 1 aromatic heterocycles. The van der Waals surface area contributed by atoms with Gasteiger partial charge in [-0.15, -0.1) is 0 Å². The van der Waals surface area contributed by atoms with Crippen molar-refractivity contribution in [1.82, 2.24) is 14.8 Å². The van der Waals surface area contributed by atoms with Crippen molar-refractivity contribution in [2.24, 2.45) is 11.1 Å². The maximum atomic E-state index is 5.92. The molecule has 0 amide bonds. The van der Waals surface area contributed by atoms with Crippen LogP contribution in [0.4, 0.5) is 0 Å². The van der Waals surface area contributed by atoms with E-state index in [1.54, 1.807) is 6.20 Å². The zero-order chi connectivity index (χ0) is 20.6. The number of hydrogen-bond donors (Lipinski definition) is 0. The monoisotopic (exact) mass is 414 g/mol. The summed E-state index contributed by atoms with van der Waals surface area (Å²) in [5, 5.41) is 7.00. The van der Waals surface area contributed by atoms with Gasteiger partial charge < -0.3 is 9.57 Å². The molecule has 6 rings (SSSR count). The fourth-order valence-corrected chi connectivity index (χ4v) is 4.87. The predicted octanol–water partition coefficient (Wildman–Crippen LogP) is 3.16. The first-order valence-electron chi connectivity index (χ1n) is 11.1. The number of pyridine rings is 1. The Labute approximate surface area is 182 Å². The van der Waals surface area contributed by atoms with Crippen LogP contribution in [0.5, 0.6) is 5.75 Å². The van der Waals surface area contributed by atoms with E-state index in [2.05, 4.69) is 62.4 Å². The molecule has 6 heteroatoms. The molecular formula is C25H26N4O2. The Hall–Kier alpha value is -2.96. The van der Waals surface area contributed by atoms with Crippen LogP contribution in [0.3, 0.4) is 0 Å². The second-order valence-corrected chi connectivity index (χ2v) is 8.65. The average Bonchev–Trinajstić information content (AvgIpc) is 3.23. The lowest BCUT2D eigenvalue weighted by Gasteiger charge is -2.36. The van der Waals surface area contributed by atoms with Crippen molar-refractivity contribution in [1.29, 1.82) is 0 Å².